The lowest BCUT2D eigenvalue weighted by Crippen LogP contribution is -2.40. The first-order valence-corrected chi connectivity index (χ1v) is 11.5. The second-order valence-corrected chi connectivity index (χ2v) is 8.41. The van der Waals surface area contributed by atoms with Crippen LogP contribution in [-0.4, -0.2) is 61.3 Å². The molecule has 0 aliphatic heterocycles. The van der Waals surface area contributed by atoms with Crippen LogP contribution in [0.4, 0.5) is 8.78 Å². The summed E-state index contributed by atoms with van der Waals surface area (Å²) in [6.07, 6.45) is 0. The van der Waals surface area contributed by atoms with Crippen LogP contribution >= 0.6 is 0 Å². The van der Waals surface area contributed by atoms with E-state index in [0.29, 0.717) is 11.1 Å². The van der Waals surface area contributed by atoms with Gasteiger partial charge in [-0.15, -0.1) is 0 Å². The number of hydroxylamine groups is 1. The Balaban J connectivity index is 1.77. The summed E-state index contributed by atoms with van der Waals surface area (Å²) in [5.74, 6) is -3.14. The predicted octanol–water partition coefficient (Wildman–Crippen LogP) is -0.847. The van der Waals surface area contributed by atoms with Crippen molar-refractivity contribution in [2.24, 2.45) is 0 Å². The minimum absolute atomic E-state index is 0.0352. The van der Waals surface area contributed by atoms with Crippen LogP contribution in [0.5, 0.6) is 0 Å². The van der Waals surface area contributed by atoms with Gasteiger partial charge in [0.15, 0.2) is 0 Å². The molecule has 0 aromatic heterocycles. The van der Waals surface area contributed by atoms with Gasteiger partial charge in [0.05, 0.1) is 7.11 Å². The first-order chi connectivity index (χ1) is 18.2. The van der Waals surface area contributed by atoms with Crippen molar-refractivity contribution < 1.29 is 38.1 Å². The molecule has 0 spiro atoms. The molecular weight excluding hydrogens is 498 g/mol. The molecule has 0 atom stereocenters. The number of hydrogen-bond donors (Lipinski definition) is 4. The largest absolute Gasteiger partial charge is 0.449 e. The van der Waals surface area contributed by atoms with Gasteiger partial charge in [0.25, 0.3) is 17.7 Å². The number of hydrogen-bond acceptors (Lipinski definition) is 6. The van der Waals surface area contributed by atoms with Crippen molar-refractivity contribution in [3.8, 4) is 0 Å². The van der Waals surface area contributed by atoms with Crippen molar-refractivity contribution in [1.29, 1.82) is 0 Å². The molecule has 3 aromatic carbocycles. The van der Waals surface area contributed by atoms with Gasteiger partial charge in [-0.05, 0) is 46.3 Å². The summed E-state index contributed by atoms with van der Waals surface area (Å²) in [5, 5.41) is 21.3. The minimum atomic E-state index is -0.705. The molecule has 0 fully saturated rings. The average molecular weight is 523 g/mol. The molecule has 0 aliphatic carbocycles. The number of carbonyl (C=O) groups excluding carboxylic acids is 3. The molecule has 4 N–H and O–H groups in total. The fourth-order valence-corrected chi connectivity index (χ4v) is 3.78. The van der Waals surface area contributed by atoms with E-state index < -0.39 is 50.9 Å². The van der Waals surface area contributed by atoms with E-state index in [2.05, 4.69) is 15.6 Å². The van der Waals surface area contributed by atoms with Crippen LogP contribution in [0.25, 0.3) is 0 Å². The standard InChI is InChI=1S/C25H25B2F2N3O6/c1-38-31-23(33)14-32(25(35)18-7-20(27-37)11-22(29)9-18)13-16-4-2-3-15(5-16)12-30-24(34)17-6-19(26-36)10-21(28)8-17/h2-11,26-27,36-37H,12-14H2,1H3,(H,30,34)(H,31,33). The van der Waals surface area contributed by atoms with E-state index >= 15 is 0 Å². The normalized spacial score (nSPS) is 10.4. The molecule has 13 heteroatoms. The molecule has 9 nitrogen and oxygen atoms in total. The zero-order valence-electron chi connectivity index (χ0n) is 20.5. The van der Waals surface area contributed by atoms with Crippen LogP contribution in [-0.2, 0) is 22.7 Å². The van der Waals surface area contributed by atoms with E-state index in [0.717, 1.165) is 24.3 Å². The fraction of sp³-hybridized carbons (Fsp3) is 0.160. The van der Waals surface area contributed by atoms with Gasteiger partial charge in [-0.25, -0.2) is 14.3 Å². The summed E-state index contributed by atoms with van der Waals surface area (Å²) in [6.45, 7) is -0.350. The van der Waals surface area contributed by atoms with E-state index in [4.69, 9.17) is 0 Å². The van der Waals surface area contributed by atoms with Crippen LogP contribution in [0.2, 0.25) is 0 Å². The highest BCUT2D eigenvalue weighted by Gasteiger charge is 2.21. The van der Waals surface area contributed by atoms with Crippen molar-refractivity contribution in [1.82, 2.24) is 15.7 Å². The van der Waals surface area contributed by atoms with Crippen LogP contribution in [0, 0.1) is 11.6 Å². The average Bonchev–Trinajstić information content (AvgIpc) is 2.90. The topological polar surface area (TPSA) is 128 Å². The Morgan fingerprint density at radius 1 is 0.895 bits per heavy atom. The molecule has 0 aliphatic rings. The highest BCUT2D eigenvalue weighted by atomic mass is 19.1. The van der Waals surface area contributed by atoms with E-state index in [-0.39, 0.29) is 35.1 Å². The summed E-state index contributed by atoms with van der Waals surface area (Å²) >= 11 is 0. The maximum atomic E-state index is 14.0. The van der Waals surface area contributed by atoms with Gasteiger partial charge in [0, 0.05) is 24.2 Å². The second-order valence-electron chi connectivity index (χ2n) is 8.41. The van der Waals surface area contributed by atoms with Gasteiger partial charge in [-0.1, -0.05) is 36.4 Å². The molecule has 38 heavy (non-hydrogen) atoms. The van der Waals surface area contributed by atoms with Crippen molar-refractivity contribution >= 4 is 43.6 Å². The van der Waals surface area contributed by atoms with Crippen molar-refractivity contribution in [2.45, 2.75) is 13.1 Å². The molecule has 3 aromatic rings. The maximum Gasteiger partial charge on any atom is 0.304 e. The summed E-state index contributed by atoms with van der Waals surface area (Å²) in [5.41, 5.74) is 3.90. The van der Waals surface area contributed by atoms with Crippen molar-refractivity contribution in [2.75, 3.05) is 13.7 Å². The summed E-state index contributed by atoms with van der Waals surface area (Å²) in [7, 11) is 0.373. The Kier molecular flexibility index (Phi) is 10.1. The molecule has 0 heterocycles. The highest BCUT2D eigenvalue weighted by molar-refractivity contribution is 6.46. The number of halogens is 2. The third-order valence-corrected chi connectivity index (χ3v) is 5.44. The number of carbonyl (C=O) groups is 3. The number of nitrogens with one attached hydrogen (secondary N) is 2. The Morgan fingerprint density at radius 3 is 2.13 bits per heavy atom. The Hall–Kier alpha value is -4.06. The number of rotatable bonds is 11. The summed E-state index contributed by atoms with van der Waals surface area (Å²) < 4.78 is 27.7. The third kappa shape index (κ3) is 7.97. The quantitative estimate of drug-likeness (QED) is 0.192. The van der Waals surface area contributed by atoms with E-state index in [9.17, 15) is 33.2 Å². The lowest BCUT2D eigenvalue weighted by Gasteiger charge is -2.23. The lowest BCUT2D eigenvalue weighted by molar-refractivity contribution is -0.132. The molecule has 196 valence electrons. The number of amides is 3. The van der Waals surface area contributed by atoms with Gasteiger partial charge >= 0.3 is 15.0 Å². The fourth-order valence-electron chi connectivity index (χ4n) is 3.78. The number of benzene rings is 3. The van der Waals surface area contributed by atoms with Crippen LogP contribution in [0.3, 0.4) is 0 Å². The molecule has 3 amide bonds. The summed E-state index contributed by atoms with van der Waals surface area (Å²) in [4.78, 5) is 43.7. The van der Waals surface area contributed by atoms with E-state index in [1.807, 2.05) is 0 Å². The van der Waals surface area contributed by atoms with Gasteiger partial charge in [-0.3, -0.25) is 19.2 Å². The Morgan fingerprint density at radius 2 is 1.50 bits per heavy atom. The van der Waals surface area contributed by atoms with Crippen LogP contribution < -0.4 is 21.7 Å². The zero-order valence-corrected chi connectivity index (χ0v) is 20.5. The summed E-state index contributed by atoms with van der Waals surface area (Å²) in [6, 6.07) is 13.9. The lowest BCUT2D eigenvalue weighted by atomic mass is 9.87. The van der Waals surface area contributed by atoms with Crippen molar-refractivity contribution in [3.63, 3.8) is 0 Å². The van der Waals surface area contributed by atoms with Crippen molar-refractivity contribution in [3.05, 3.63) is 94.6 Å². The Labute approximate surface area is 218 Å². The monoisotopic (exact) mass is 523 g/mol. The first-order valence-electron chi connectivity index (χ1n) is 11.5. The van der Waals surface area contributed by atoms with Crippen LogP contribution in [0.15, 0.2) is 60.7 Å². The molecule has 0 saturated heterocycles. The third-order valence-electron chi connectivity index (χ3n) is 5.44. The SMILES string of the molecule is CONC(=O)CN(Cc1cccc(CNC(=O)c2cc(F)cc(BO)c2)c1)C(=O)c1cc(F)cc(BO)c1. The van der Waals surface area contributed by atoms with Gasteiger partial charge in [-0.2, -0.15) is 0 Å². The molecule has 3 rings (SSSR count). The van der Waals surface area contributed by atoms with Gasteiger partial charge in [0.2, 0.25) is 0 Å². The van der Waals surface area contributed by atoms with Crippen LogP contribution in [0.1, 0.15) is 31.8 Å². The minimum Gasteiger partial charge on any atom is -0.449 e. The highest BCUT2D eigenvalue weighted by Crippen LogP contribution is 2.13. The molecule has 0 radical (unpaired) electrons. The smallest absolute Gasteiger partial charge is 0.304 e. The molecule has 0 saturated carbocycles. The van der Waals surface area contributed by atoms with Gasteiger partial charge < -0.3 is 20.3 Å². The molecule has 0 bridgehead atoms. The Bertz CT molecular complexity index is 1330. The second kappa shape index (κ2) is 13.5. The molecule has 0 unspecified atom stereocenters. The zero-order chi connectivity index (χ0) is 27.7. The maximum absolute atomic E-state index is 14.0. The van der Waals surface area contributed by atoms with Gasteiger partial charge in [0.1, 0.15) is 18.2 Å². The van der Waals surface area contributed by atoms with E-state index in [1.54, 1.807) is 24.3 Å². The number of nitrogens with zero attached hydrogens (tertiary/aromatic N) is 1. The molecular formula is C25H25B2F2N3O6. The van der Waals surface area contributed by atoms with E-state index in [1.165, 1.54) is 24.1 Å². The first kappa shape index (κ1) is 28.5. The predicted molar refractivity (Wildman–Crippen MR) is 138 cm³/mol.